The summed E-state index contributed by atoms with van der Waals surface area (Å²) in [6.07, 6.45) is 4.71. The zero-order valence-corrected chi connectivity index (χ0v) is 15.5. The van der Waals surface area contributed by atoms with Gasteiger partial charge in [-0.2, -0.15) is 0 Å². The normalized spacial score (nSPS) is 10.6. The van der Waals surface area contributed by atoms with Crippen molar-refractivity contribution in [1.82, 2.24) is 24.1 Å². The van der Waals surface area contributed by atoms with E-state index in [-0.39, 0.29) is 17.3 Å². The minimum Gasteiger partial charge on any atom is -0.358 e. The Morgan fingerprint density at radius 1 is 0.903 bits per heavy atom. The molecule has 0 aliphatic heterocycles. The number of nitro groups is 2. The molecule has 0 saturated carbocycles. The van der Waals surface area contributed by atoms with Crippen LogP contribution in [-0.2, 0) is 0 Å². The average Bonchev–Trinajstić information content (AvgIpc) is 3.44. The first kappa shape index (κ1) is 19.4. The third kappa shape index (κ3) is 4.09. The van der Waals surface area contributed by atoms with E-state index in [9.17, 15) is 25.0 Å². The maximum absolute atomic E-state index is 12.8. The van der Waals surface area contributed by atoms with Crippen LogP contribution in [0.1, 0.15) is 10.5 Å². The fourth-order valence-electron chi connectivity index (χ4n) is 2.70. The number of anilines is 1. The van der Waals surface area contributed by atoms with Crippen LogP contribution in [0, 0.1) is 20.2 Å². The van der Waals surface area contributed by atoms with Gasteiger partial charge in [-0.3, -0.25) is 13.9 Å². The molecule has 31 heavy (non-hydrogen) atoms. The molecule has 3 aromatic heterocycles. The fourth-order valence-corrected chi connectivity index (χ4v) is 2.70. The van der Waals surface area contributed by atoms with Crippen LogP contribution in [0.3, 0.4) is 0 Å². The molecule has 0 aliphatic rings. The Morgan fingerprint density at radius 3 is 2.13 bits per heavy atom. The smallest absolute Gasteiger partial charge is 0.358 e. The van der Waals surface area contributed by atoms with Crippen LogP contribution < -0.4 is 5.32 Å². The largest absolute Gasteiger partial charge is 0.381 e. The molecule has 4 aromatic rings. The summed E-state index contributed by atoms with van der Waals surface area (Å²) in [6, 6.07) is 11.6. The molecular formula is C18H12N8O5. The van der Waals surface area contributed by atoms with Gasteiger partial charge in [-0.15, -0.1) is 0 Å². The Kier molecular flexibility index (Phi) is 4.89. The lowest BCUT2D eigenvalue weighted by atomic mass is 10.2. The Hall–Kier alpha value is -4.94. The first-order chi connectivity index (χ1) is 14.9. The number of nitrogens with zero attached hydrogens (tertiary/aromatic N) is 7. The van der Waals surface area contributed by atoms with Gasteiger partial charge in [-0.05, 0) is 38.0 Å². The molecule has 0 bridgehead atoms. The molecule has 3 heterocycles. The lowest BCUT2D eigenvalue weighted by Gasteiger charge is -2.09. The molecule has 0 radical (unpaired) electrons. The van der Waals surface area contributed by atoms with Gasteiger partial charge in [0.15, 0.2) is 0 Å². The topological polar surface area (TPSA) is 164 Å². The summed E-state index contributed by atoms with van der Waals surface area (Å²) in [4.78, 5) is 45.0. The summed E-state index contributed by atoms with van der Waals surface area (Å²) in [5, 5.41) is 24.6. The van der Waals surface area contributed by atoms with Gasteiger partial charge in [0.05, 0.1) is 5.69 Å². The van der Waals surface area contributed by atoms with Gasteiger partial charge in [0, 0.05) is 11.8 Å². The van der Waals surface area contributed by atoms with Crippen molar-refractivity contribution < 1.29 is 14.6 Å². The summed E-state index contributed by atoms with van der Waals surface area (Å²) < 4.78 is 2.61. The zero-order chi connectivity index (χ0) is 22.0. The van der Waals surface area contributed by atoms with Gasteiger partial charge >= 0.3 is 11.6 Å². The molecule has 154 valence electrons. The second kappa shape index (κ2) is 7.82. The SMILES string of the molecule is O=C(Nc1ccccc1)c1cc(-n2cnc([N+](=O)[O-])c2)cc(-n2cnc([N+](=O)[O-])c2)n1. The monoisotopic (exact) mass is 420 g/mol. The number of imidazole rings is 2. The van der Waals surface area contributed by atoms with Gasteiger partial charge in [-0.25, -0.2) is 4.98 Å². The third-order valence-electron chi connectivity index (χ3n) is 4.14. The highest BCUT2D eigenvalue weighted by atomic mass is 16.6. The van der Waals surface area contributed by atoms with E-state index in [1.54, 1.807) is 30.3 Å². The molecule has 1 N–H and O–H groups in total. The molecule has 0 spiro atoms. The quantitative estimate of drug-likeness (QED) is 0.367. The molecule has 0 fully saturated rings. The van der Waals surface area contributed by atoms with Crippen molar-refractivity contribution in [2.45, 2.75) is 0 Å². The highest BCUT2D eigenvalue weighted by Gasteiger charge is 2.18. The number of para-hydroxylation sites is 1. The number of aromatic nitrogens is 5. The predicted octanol–water partition coefficient (Wildman–Crippen LogP) is 2.52. The number of rotatable bonds is 6. The van der Waals surface area contributed by atoms with Crippen LogP contribution in [0.15, 0.2) is 67.5 Å². The van der Waals surface area contributed by atoms with E-state index < -0.39 is 21.6 Å². The molecular weight excluding hydrogens is 408 g/mol. The van der Waals surface area contributed by atoms with Crippen molar-refractivity contribution in [2.24, 2.45) is 0 Å². The van der Waals surface area contributed by atoms with Crippen molar-refractivity contribution in [3.63, 3.8) is 0 Å². The Balaban J connectivity index is 1.78. The van der Waals surface area contributed by atoms with E-state index >= 15 is 0 Å². The molecule has 0 aliphatic carbocycles. The van der Waals surface area contributed by atoms with Crippen LogP contribution >= 0.6 is 0 Å². The number of hydrogen-bond donors (Lipinski definition) is 1. The summed E-state index contributed by atoms with van der Waals surface area (Å²) >= 11 is 0. The van der Waals surface area contributed by atoms with E-state index in [0.717, 1.165) is 6.20 Å². The van der Waals surface area contributed by atoms with Gasteiger partial charge in [0.25, 0.3) is 5.91 Å². The maximum Gasteiger partial charge on any atom is 0.381 e. The Bertz CT molecular complexity index is 1230. The van der Waals surface area contributed by atoms with Crippen LogP contribution in [0.4, 0.5) is 17.3 Å². The third-order valence-corrected chi connectivity index (χ3v) is 4.14. The van der Waals surface area contributed by atoms with E-state index in [4.69, 9.17) is 0 Å². The molecule has 1 amide bonds. The highest BCUT2D eigenvalue weighted by Crippen LogP contribution is 2.20. The van der Waals surface area contributed by atoms with Crippen LogP contribution in [0.2, 0.25) is 0 Å². The van der Waals surface area contributed by atoms with E-state index in [2.05, 4.69) is 20.3 Å². The van der Waals surface area contributed by atoms with E-state index in [1.165, 1.54) is 40.1 Å². The summed E-state index contributed by atoms with van der Waals surface area (Å²) in [5.74, 6) is -1.18. The number of pyridine rings is 1. The summed E-state index contributed by atoms with van der Waals surface area (Å²) in [6.45, 7) is 0. The first-order valence-electron chi connectivity index (χ1n) is 8.67. The molecule has 13 heteroatoms. The minimum atomic E-state index is -0.664. The number of amides is 1. The Morgan fingerprint density at radius 2 is 1.52 bits per heavy atom. The maximum atomic E-state index is 12.8. The second-order valence-corrected chi connectivity index (χ2v) is 6.18. The number of benzene rings is 1. The average molecular weight is 420 g/mol. The van der Waals surface area contributed by atoms with Gasteiger partial charge in [0.2, 0.25) is 12.7 Å². The van der Waals surface area contributed by atoms with Gasteiger partial charge in [-0.1, -0.05) is 18.2 Å². The van der Waals surface area contributed by atoms with Crippen molar-refractivity contribution in [3.8, 4) is 11.5 Å². The lowest BCUT2D eigenvalue weighted by molar-refractivity contribution is -0.389. The molecule has 0 unspecified atom stereocenters. The Labute approximate surface area is 172 Å². The summed E-state index contributed by atoms with van der Waals surface area (Å²) in [7, 11) is 0. The van der Waals surface area contributed by atoms with Crippen molar-refractivity contribution in [1.29, 1.82) is 0 Å². The zero-order valence-electron chi connectivity index (χ0n) is 15.5. The minimum absolute atomic E-state index is 0.0240. The van der Waals surface area contributed by atoms with Crippen LogP contribution in [-0.4, -0.2) is 39.8 Å². The first-order valence-corrected chi connectivity index (χ1v) is 8.67. The molecule has 1 aromatic carbocycles. The number of nitrogens with one attached hydrogen (secondary N) is 1. The van der Waals surface area contributed by atoms with E-state index in [1.807, 2.05) is 0 Å². The van der Waals surface area contributed by atoms with E-state index in [0.29, 0.717) is 11.4 Å². The highest BCUT2D eigenvalue weighted by molar-refractivity contribution is 6.03. The predicted molar refractivity (Wildman–Crippen MR) is 106 cm³/mol. The van der Waals surface area contributed by atoms with Crippen molar-refractivity contribution >= 4 is 23.2 Å². The van der Waals surface area contributed by atoms with Gasteiger partial charge in [0.1, 0.15) is 23.9 Å². The standard InChI is InChI=1S/C18H12N8O5/c27-18(21-12-4-2-1-3-5-12)14-6-13(23-8-16(19-10-23)25(28)29)7-15(22-14)24-9-17(20-11-24)26(30)31/h1-11H,(H,21,27). The lowest BCUT2D eigenvalue weighted by Crippen LogP contribution is -2.15. The number of carbonyl (C=O) groups excluding carboxylic acids is 1. The number of hydrogen-bond acceptors (Lipinski definition) is 8. The summed E-state index contributed by atoms with van der Waals surface area (Å²) in [5.41, 5.74) is 0.849. The van der Waals surface area contributed by atoms with Crippen LogP contribution in [0.5, 0.6) is 0 Å². The van der Waals surface area contributed by atoms with Crippen molar-refractivity contribution in [2.75, 3.05) is 5.32 Å². The number of carbonyl (C=O) groups is 1. The fraction of sp³-hybridized carbons (Fsp3) is 0. The second-order valence-electron chi connectivity index (χ2n) is 6.18. The van der Waals surface area contributed by atoms with Crippen molar-refractivity contribution in [3.05, 3.63) is 93.4 Å². The molecule has 0 saturated heterocycles. The molecule has 0 atom stereocenters. The van der Waals surface area contributed by atoms with Crippen LogP contribution in [0.25, 0.3) is 11.5 Å². The molecule has 4 rings (SSSR count). The molecule has 13 nitrogen and oxygen atoms in total. The van der Waals surface area contributed by atoms with Gasteiger partial charge < -0.3 is 25.5 Å².